The van der Waals surface area contributed by atoms with Crippen LogP contribution >= 0.6 is 11.6 Å². The predicted octanol–water partition coefficient (Wildman–Crippen LogP) is 4.54. The fourth-order valence-electron chi connectivity index (χ4n) is 2.73. The fraction of sp³-hybridized carbons (Fsp3) is 0.250. The highest BCUT2D eigenvalue weighted by Crippen LogP contribution is 2.34. The van der Waals surface area contributed by atoms with Crippen molar-refractivity contribution in [1.29, 1.82) is 0 Å². The van der Waals surface area contributed by atoms with Crippen LogP contribution < -0.4 is 5.32 Å². The number of phenolic OH excluding ortho intramolecular Hbond substituents is 1. The molecule has 2 aromatic carbocycles. The third kappa shape index (κ3) is 2.69. The minimum Gasteiger partial charge on any atom is -0.508 e. The molecule has 3 rings (SSSR count). The number of fused-ring (bicyclic) bond motifs is 1. The highest BCUT2D eigenvalue weighted by molar-refractivity contribution is 6.30. The van der Waals surface area contributed by atoms with Crippen LogP contribution in [0.4, 0.5) is 5.69 Å². The van der Waals surface area contributed by atoms with Crippen LogP contribution in [-0.2, 0) is 6.42 Å². The van der Waals surface area contributed by atoms with E-state index >= 15 is 0 Å². The molecule has 2 nitrogen and oxygen atoms in total. The molecule has 0 fully saturated rings. The first-order chi connectivity index (χ1) is 9.22. The van der Waals surface area contributed by atoms with Crippen LogP contribution in [0.15, 0.2) is 42.5 Å². The van der Waals surface area contributed by atoms with Gasteiger partial charge in [-0.05, 0) is 60.7 Å². The molecule has 0 saturated heterocycles. The predicted molar refractivity (Wildman–Crippen MR) is 78.9 cm³/mol. The quantitative estimate of drug-likeness (QED) is 0.842. The lowest BCUT2D eigenvalue weighted by atomic mass is 9.87. The summed E-state index contributed by atoms with van der Waals surface area (Å²) in [5, 5.41) is 13.8. The van der Waals surface area contributed by atoms with E-state index in [1.165, 1.54) is 11.1 Å². The minimum atomic E-state index is 0.294. The van der Waals surface area contributed by atoms with Gasteiger partial charge in [0.15, 0.2) is 0 Å². The Kier molecular flexibility index (Phi) is 3.34. The molecule has 19 heavy (non-hydrogen) atoms. The van der Waals surface area contributed by atoms with Crippen LogP contribution in [0.5, 0.6) is 5.75 Å². The number of nitrogens with one attached hydrogen (secondary N) is 1. The Hall–Kier alpha value is -1.67. The van der Waals surface area contributed by atoms with E-state index in [1.807, 2.05) is 36.4 Å². The summed E-state index contributed by atoms with van der Waals surface area (Å²) in [6.07, 6.45) is 3.27. The third-order valence-electron chi connectivity index (χ3n) is 3.61. The van der Waals surface area contributed by atoms with E-state index in [9.17, 15) is 5.11 Å². The lowest BCUT2D eigenvalue weighted by Gasteiger charge is -2.27. The standard InChI is InChI=1S/C16H16ClNO/c17-12-4-2-5-13(10-12)18-16-6-1-3-11-9-14(19)7-8-15(11)16/h2,4-5,7-10,16,18-19H,1,3,6H2. The Morgan fingerprint density at radius 3 is 2.89 bits per heavy atom. The van der Waals surface area contributed by atoms with Gasteiger partial charge in [0, 0.05) is 10.7 Å². The van der Waals surface area contributed by atoms with Gasteiger partial charge < -0.3 is 10.4 Å². The van der Waals surface area contributed by atoms with E-state index in [4.69, 9.17) is 11.6 Å². The number of hydrogen-bond acceptors (Lipinski definition) is 2. The first-order valence-corrected chi connectivity index (χ1v) is 6.94. The van der Waals surface area contributed by atoms with E-state index in [-0.39, 0.29) is 0 Å². The summed E-state index contributed by atoms with van der Waals surface area (Å²) in [6.45, 7) is 0. The van der Waals surface area contributed by atoms with Gasteiger partial charge >= 0.3 is 0 Å². The molecule has 0 saturated carbocycles. The summed E-state index contributed by atoms with van der Waals surface area (Å²) in [6, 6.07) is 13.7. The molecule has 0 heterocycles. The van der Waals surface area contributed by atoms with Gasteiger partial charge in [-0.25, -0.2) is 0 Å². The maximum Gasteiger partial charge on any atom is 0.115 e. The molecule has 1 aliphatic rings. The summed E-state index contributed by atoms with van der Waals surface area (Å²) in [5.41, 5.74) is 3.56. The van der Waals surface area contributed by atoms with E-state index < -0.39 is 0 Å². The molecule has 1 aliphatic carbocycles. The molecule has 98 valence electrons. The van der Waals surface area contributed by atoms with Crippen LogP contribution in [0.25, 0.3) is 0 Å². The van der Waals surface area contributed by atoms with Crippen molar-refractivity contribution >= 4 is 17.3 Å². The molecule has 2 N–H and O–H groups in total. The second-order valence-corrected chi connectivity index (χ2v) is 5.42. The maximum atomic E-state index is 9.56. The molecule has 0 aromatic heterocycles. The van der Waals surface area contributed by atoms with E-state index in [0.717, 1.165) is 30.0 Å². The van der Waals surface area contributed by atoms with Gasteiger partial charge in [-0.3, -0.25) is 0 Å². The molecular formula is C16H16ClNO. The number of hydrogen-bond donors (Lipinski definition) is 2. The van der Waals surface area contributed by atoms with Crippen LogP contribution in [0.2, 0.25) is 5.02 Å². The van der Waals surface area contributed by atoms with Crippen molar-refractivity contribution in [3.05, 3.63) is 58.6 Å². The molecular weight excluding hydrogens is 258 g/mol. The second kappa shape index (κ2) is 5.14. The summed E-state index contributed by atoms with van der Waals surface area (Å²) in [4.78, 5) is 0. The van der Waals surface area contributed by atoms with Gasteiger partial charge in [0.1, 0.15) is 5.75 Å². The average molecular weight is 274 g/mol. The van der Waals surface area contributed by atoms with Gasteiger partial charge in [0.2, 0.25) is 0 Å². The Morgan fingerprint density at radius 2 is 2.05 bits per heavy atom. The minimum absolute atomic E-state index is 0.294. The fourth-order valence-corrected chi connectivity index (χ4v) is 2.92. The molecule has 0 bridgehead atoms. The number of rotatable bonds is 2. The van der Waals surface area contributed by atoms with Crippen molar-refractivity contribution in [1.82, 2.24) is 0 Å². The van der Waals surface area contributed by atoms with Gasteiger partial charge in [-0.2, -0.15) is 0 Å². The smallest absolute Gasteiger partial charge is 0.115 e. The Morgan fingerprint density at radius 1 is 1.16 bits per heavy atom. The van der Waals surface area contributed by atoms with Crippen LogP contribution in [0, 0.1) is 0 Å². The molecule has 3 heteroatoms. The van der Waals surface area contributed by atoms with E-state index in [0.29, 0.717) is 11.8 Å². The second-order valence-electron chi connectivity index (χ2n) is 4.98. The van der Waals surface area contributed by atoms with E-state index in [1.54, 1.807) is 6.07 Å². The summed E-state index contributed by atoms with van der Waals surface area (Å²) >= 11 is 6.01. The zero-order valence-electron chi connectivity index (χ0n) is 10.6. The molecule has 1 unspecified atom stereocenters. The van der Waals surface area contributed by atoms with Gasteiger partial charge in [0.05, 0.1) is 6.04 Å². The summed E-state index contributed by atoms with van der Waals surface area (Å²) in [5.74, 6) is 0.349. The third-order valence-corrected chi connectivity index (χ3v) is 3.84. The number of benzene rings is 2. The molecule has 0 amide bonds. The van der Waals surface area contributed by atoms with Crippen molar-refractivity contribution in [3.63, 3.8) is 0 Å². The maximum absolute atomic E-state index is 9.56. The van der Waals surface area contributed by atoms with Crippen molar-refractivity contribution in [3.8, 4) is 5.75 Å². The number of aromatic hydroxyl groups is 1. The van der Waals surface area contributed by atoms with Gasteiger partial charge in [-0.1, -0.05) is 23.7 Å². The Bertz CT molecular complexity index is 597. The lowest BCUT2D eigenvalue weighted by molar-refractivity contribution is 0.472. The molecule has 0 aliphatic heterocycles. The highest BCUT2D eigenvalue weighted by Gasteiger charge is 2.20. The first-order valence-electron chi connectivity index (χ1n) is 6.56. The SMILES string of the molecule is Oc1ccc2c(c1)CCCC2Nc1cccc(Cl)c1. The monoisotopic (exact) mass is 273 g/mol. The van der Waals surface area contributed by atoms with Crippen LogP contribution in [0.3, 0.4) is 0 Å². The largest absolute Gasteiger partial charge is 0.508 e. The normalized spacial score (nSPS) is 17.8. The van der Waals surface area contributed by atoms with Crippen molar-refractivity contribution in [2.75, 3.05) is 5.32 Å². The molecule has 2 aromatic rings. The van der Waals surface area contributed by atoms with E-state index in [2.05, 4.69) is 5.32 Å². The first kappa shape index (κ1) is 12.4. The Labute approximate surface area is 118 Å². The summed E-state index contributed by atoms with van der Waals surface area (Å²) < 4.78 is 0. The lowest BCUT2D eigenvalue weighted by Crippen LogP contribution is -2.17. The average Bonchev–Trinajstić information content (AvgIpc) is 2.38. The zero-order chi connectivity index (χ0) is 13.2. The van der Waals surface area contributed by atoms with Crippen molar-refractivity contribution in [2.24, 2.45) is 0 Å². The van der Waals surface area contributed by atoms with Crippen LogP contribution in [0.1, 0.15) is 30.0 Å². The molecule has 1 atom stereocenters. The summed E-state index contributed by atoms with van der Waals surface area (Å²) in [7, 11) is 0. The highest BCUT2D eigenvalue weighted by atomic mass is 35.5. The van der Waals surface area contributed by atoms with Gasteiger partial charge in [-0.15, -0.1) is 0 Å². The van der Waals surface area contributed by atoms with Gasteiger partial charge in [0.25, 0.3) is 0 Å². The molecule has 0 spiro atoms. The number of anilines is 1. The van der Waals surface area contributed by atoms with Crippen LogP contribution in [-0.4, -0.2) is 5.11 Å². The number of phenols is 1. The topological polar surface area (TPSA) is 32.3 Å². The number of halogens is 1. The zero-order valence-corrected chi connectivity index (χ0v) is 11.3. The number of aryl methyl sites for hydroxylation is 1. The Balaban J connectivity index is 1.87. The molecule has 0 radical (unpaired) electrons. The van der Waals surface area contributed by atoms with Crippen molar-refractivity contribution < 1.29 is 5.11 Å². The van der Waals surface area contributed by atoms with Crippen molar-refractivity contribution in [2.45, 2.75) is 25.3 Å².